The molecule has 0 unspecified atom stereocenters. The zero-order valence-electron chi connectivity index (χ0n) is 7.47. The topological polar surface area (TPSA) is 74.6 Å². The zero-order chi connectivity index (χ0) is 9.42. The van der Waals surface area contributed by atoms with Crippen LogP contribution in [0.1, 0.15) is 0 Å². The van der Waals surface area contributed by atoms with Gasteiger partial charge < -0.3 is 10.3 Å². The maximum Gasteiger partial charge on any atom is 0.218 e. The van der Waals surface area contributed by atoms with Crippen molar-refractivity contribution in [2.75, 3.05) is 5.73 Å². The summed E-state index contributed by atoms with van der Waals surface area (Å²) in [5.41, 5.74) is 6.41. The van der Waals surface area contributed by atoms with Crippen LogP contribution >= 0.6 is 0 Å². The highest BCUT2D eigenvalue weighted by molar-refractivity contribution is 5.49. The summed E-state index contributed by atoms with van der Waals surface area (Å²) in [6, 6.07) is 0. The second kappa shape index (κ2) is 2.58. The molecule has 2 heterocycles. The van der Waals surface area contributed by atoms with Crippen molar-refractivity contribution < 1.29 is 0 Å². The van der Waals surface area contributed by atoms with Gasteiger partial charge in [-0.1, -0.05) is 0 Å². The fraction of sp³-hybridized carbons (Fsp3) is 0.286. The highest BCUT2D eigenvalue weighted by Gasteiger charge is 2.09. The molecule has 0 amide bonds. The van der Waals surface area contributed by atoms with Crippen LogP contribution in [0.15, 0.2) is 12.5 Å². The van der Waals surface area contributed by atoms with E-state index in [1.807, 2.05) is 11.6 Å². The Morgan fingerprint density at radius 1 is 1.38 bits per heavy atom. The predicted octanol–water partition coefficient (Wildman–Crippen LogP) is -0.202. The first-order valence-electron chi connectivity index (χ1n) is 3.81. The Kier molecular flexibility index (Phi) is 1.54. The maximum absolute atomic E-state index is 5.56. The fourth-order valence-corrected chi connectivity index (χ4v) is 1.08. The van der Waals surface area contributed by atoms with E-state index in [0.29, 0.717) is 11.8 Å². The Morgan fingerprint density at radius 3 is 2.62 bits per heavy atom. The summed E-state index contributed by atoms with van der Waals surface area (Å²) in [5.74, 6) is 0.996. The van der Waals surface area contributed by atoms with Crippen molar-refractivity contribution in [3.8, 4) is 11.5 Å². The third-order valence-electron chi connectivity index (χ3n) is 1.84. The minimum absolute atomic E-state index is 0.399. The summed E-state index contributed by atoms with van der Waals surface area (Å²) < 4.78 is 3.37. The van der Waals surface area contributed by atoms with E-state index in [4.69, 9.17) is 5.73 Å². The van der Waals surface area contributed by atoms with Gasteiger partial charge in [0.15, 0.2) is 0 Å². The Hall–Kier alpha value is -1.85. The number of nitrogens with two attached hydrogens (primary N) is 1. The molecule has 0 saturated heterocycles. The molecular formula is C7H10N6. The molecule has 0 atom stereocenters. The van der Waals surface area contributed by atoms with Crippen LogP contribution in [-0.4, -0.2) is 24.3 Å². The minimum Gasteiger partial charge on any atom is -0.368 e. The first kappa shape index (κ1) is 7.78. The molecule has 0 bridgehead atoms. The van der Waals surface area contributed by atoms with E-state index in [2.05, 4.69) is 15.1 Å². The van der Waals surface area contributed by atoms with Gasteiger partial charge in [-0.15, -0.1) is 5.10 Å². The summed E-state index contributed by atoms with van der Waals surface area (Å²) in [6.45, 7) is 0. The van der Waals surface area contributed by atoms with Gasteiger partial charge in [0, 0.05) is 14.1 Å². The lowest BCUT2D eigenvalue weighted by Crippen LogP contribution is -1.97. The van der Waals surface area contributed by atoms with E-state index >= 15 is 0 Å². The van der Waals surface area contributed by atoms with Gasteiger partial charge in [0.05, 0.1) is 12.5 Å². The normalized spacial score (nSPS) is 10.6. The van der Waals surface area contributed by atoms with E-state index in [1.165, 1.54) is 4.68 Å². The van der Waals surface area contributed by atoms with Crippen LogP contribution in [0.4, 0.5) is 5.95 Å². The standard InChI is InChI=1S/C7H10N6/c1-12-4-9-3-5(12)6-10-7(8)13(2)11-6/h3-4H,1-2H3,(H2,8,10,11). The summed E-state index contributed by atoms with van der Waals surface area (Å²) in [6.07, 6.45) is 3.40. The minimum atomic E-state index is 0.399. The third-order valence-corrected chi connectivity index (χ3v) is 1.84. The van der Waals surface area contributed by atoms with Crippen molar-refractivity contribution in [3.63, 3.8) is 0 Å². The Labute approximate surface area is 75.0 Å². The number of hydrogen-bond acceptors (Lipinski definition) is 4. The molecule has 0 spiro atoms. The first-order valence-corrected chi connectivity index (χ1v) is 3.81. The van der Waals surface area contributed by atoms with Crippen molar-refractivity contribution in [1.82, 2.24) is 24.3 Å². The average molecular weight is 178 g/mol. The number of aromatic nitrogens is 5. The average Bonchev–Trinajstić information content (AvgIpc) is 2.60. The Morgan fingerprint density at radius 2 is 2.15 bits per heavy atom. The zero-order valence-corrected chi connectivity index (χ0v) is 7.47. The van der Waals surface area contributed by atoms with Crippen LogP contribution in [0.5, 0.6) is 0 Å². The van der Waals surface area contributed by atoms with Gasteiger partial charge in [0.2, 0.25) is 11.8 Å². The van der Waals surface area contributed by atoms with Gasteiger partial charge in [0.25, 0.3) is 0 Å². The van der Waals surface area contributed by atoms with Crippen LogP contribution in [-0.2, 0) is 14.1 Å². The number of nitrogens with zero attached hydrogens (tertiary/aromatic N) is 5. The molecule has 0 aliphatic rings. The Balaban J connectivity index is 2.53. The highest BCUT2D eigenvalue weighted by Crippen LogP contribution is 2.13. The SMILES string of the molecule is Cn1cncc1-c1nc(N)n(C)n1. The fourth-order valence-electron chi connectivity index (χ4n) is 1.08. The van der Waals surface area contributed by atoms with E-state index < -0.39 is 0 Å². The molecule has 6 nitrogen and oxygen atoms in total. The molecule has 6 heteroatoms. The van der Waals surface area contributed by atoms with Crippen molar-refractivity contribution in [2.24, 2.45) is 14.1 Å². The Bertz CT molecular complexity index is 406. The quantitative estimate of drug-likeness (QED) is 0.656. The molecule has 2 aromatic heterocycles. The molecule has 2 N–H and O–H groups in total. The van der Waals surface area contributed by atoms with Crippen molar-refractivity contribution in [1.29, 1.82) is 0 Å². The molecule has 0 aliphatic carbocycles. The molecule has 0 aromatic carbocycles. The van der Waals surface area contributed by atoms with Gasteiger partial charge in [0.1, 0.15) is 5.69 Å². The van der Waals surface area contributed by atoms with E-state index in [-0.39, 0.29) is 0 Å². The lowest BCUT2D eigenvalue weighted by Gasteiger charge is -1.93. The summed E-state index contributed by atoms with van der Waals surface area (Å²) in [5, 5.41) is 4.13. The van der Waals surface area contributed by atoms with E-state index in [1.54, 1.807) is 19.6 Å². The molecular weight excluding hydrogens is 168 g/mol. The van der Waals surface area contributed by atoms with Crippen molar-refractivity contribution in [3.05, 3.63) is 12.5 Å². The van der Waals surface area contributed by atoms with Gasteiger partial charge in [-0.2, -0.15) is 4.98 Å². The molecule has 2 aromatic rings. The molecule has 2 rings (SSSR count). The summed E-state index contributed by atoms with van der Waals surface area (Å²) in [4.78, 5) is 8.05. The summed E-state index contributed by atoms with van der Waals surface area (Å²) >= 11 is 0. The second-order valence-electron chi connectivity index (χ2n) is 2.81. The lowest BCUT2D eigenvalue weighted by atomic mass is 10.4. The number of anilines is 1. The number of rotatable bonds is 1. The highest BCUT2D eigenvalue weighted by atomic mass is 15.4. The monoisotopic (exact) mass is 178 g/mol. The third kappa shape index (κ3) is 1.16. The number of aryl methyl sites for hydroxylation is 2. The van der Waals surface area contributed by atoms with Crippen molar-refractivity contribution >= 4 is 5.95 Å². The lowest BCUT2D eigenvalue weighted by molar-refractivity contribution is 0.777. The van der Waals surface area contributed by atoms with E-state index in [0.717, 1.165) is 5.69 Å². The smallest absolute Gasteiger partial charge is 0.218 e. The van der Waals surface area contributed by atoms with Gasteiger partial charge in [-0.25, -0.2) is 9.67 Å². The van der Waals surface area contributed by atoms with Gasteiger partial charge in [-0.05, 0) is 0 Å². The van der Waals surface area contributed by atoms with Crippen LogP contribution in [0, 0.1) is 0 Å². The summed E-state index contributed by atoms with van der Waals surface area (Å²) in [7, 11) is 3.64. The number of imidazole rings is 1. The van der Waals surface area contributed by atoms with Crippen LogP contribution in [0.3, 0.4) is 0 Å². The molecule has 0 radical (unpaired) electrons. The maximum atomic E-state index is 5.56. The largest absolute Gasteiger partial charge is 0.368 e. The van der Waals surface area contributed by atoms with Crippen LogP contribution in [0.25, 0.3) is 11.5 Å². The number of nitrogen functional groups attached to an aromatic ring is 1. The molecule has 0 fully saturated rings. The van der Waals surface area contributed by atoms with E-state index in [9.17, 15) is 0 Å². The van der Waals surface area contributed by atoms with Crippen LogP contribution in [0.2, 0.25) is 0 Å². The molecule has 13 heavy (non-hydrogen) atoms. The second-order valence-corrected chi connectivity index (χ2v) is 2.81. The first-order chi connectivity index (χ1) is 6.18. The molecule has 0 aliphatic heterocycles. The van der Waals surface area contributed by atoms with Crippen molar-refractivity contribution in [2.45, 2.75) is 0 Å². The molecule has 0 saturated carbocycles. The molecule has 68 valence electrons. The van der Waals surface area contributed by atoms with Gasteiger partial charge in [-0.3, -0.25) is 0 Å². The van der Waals surface area contributed by atoms with Gasteiger partial charge >= 0.3 is 0 Å². The predicted molar refractivity (Wildman–Crippen MR) is 47.6 cm³/mol. The number of hydrogen-bond donors (Lipinski definition) is 1. The van der Waals surface area contributed by atoms with Crippen LogP contribution < -0.4 is 5.73 Å².